The minimum atomic E-state index is -1.23. The summed E-state index contributed by atoms with van der Waals surface area (Å²) in [6, 6.07) is 11.6. The van der Waals surface area contributed by atoms with Crippen molar-refractivity contribution >= 4 is 27.5 Å². The first-order chi connectivity index (χ1) is 10.7. The Labute approximate surface area is 129 Å². The predicted molar refractivity (Wildman–Crippen MR) is 86.1 cm³/mol. The average molecular weight is 310 g/mol. The van der Waals surface area contributed by atoms with Crippen molar-refractivity contribution in [3.63, 3.8) is 0 Å². The molecule has 0 aliphatic carbocycles. The molecule has 1 atom stereocenters. The SMILES string of the molecule is Cc1cn2cccc(CS(=O)c3nc4ccccc4[nH]3)c2n1. The summed E-state index contributed by atoms with van der Waals surface area (Å²) in [6.45, 7) is 1.95. The molecule has 0 fully saturated rings. The van der Waals surface area contributed by atoms with Gasteiger partial charge in [0.15, 0.2) is 5.16 Å². The topological polar surface area (TPSA) is 63.1 Å². The lowest BCUT2D eigenvalue weighted by Crippen LogP contribution is -2.00. The van der Waals surface area contributed by atoms with E-state index in [2.05, 4.69) is 15.0 Å². The van der Waals surface area contributed by atoms with Gasteiger partial charge in [-0.25, -0.2) is 9.97 Å². The van der Waals surface area contributed by atoms with E-state index in [1.807, 2.05) is 60.1 Å². The fourth-order valence-corrected chi connectivity index (χ4v) is 3.62. The van der Waals surface area contributed by atoms with Gasteiger partial charge in [-0.2, -0.15) is 0 Å². The summed E-state index contributed by atoms with van der Waals surface area (Å²) in [5.74, 6) is 0.389. The van der Waals surface area contributed by atoms with Crippen LogP contribution in [0, 0.1) is 6.92 Å². The Hall–Kier alpha value is -2.47. The van der Waals surface area contributed by atoms with Gasteiger partial charge in [-0.05, 0) is 25.1 Å². The summed E-state index contributed by atoms with van der Waals surface area (Å²) < 4.78 is 14.6. The van der Waals surface area contributed by atoms with Crippen molar-refractivity contribution in [3.05, 3.63) is 60.0 Å². The van der Waals surface area contributed by atoms with Crippen LogP contribution in [-0.2, 0) is 16.6 Å². The lowest BCUT2D eigenvalue weighted by molar-refractivity contribution is 0.677. The van der Waals surface area contributed by atoms with Crippen LogP contribution in [0.5, 0.6) is 0 Å². The third kappa shape index (κ3) is 2.21. The molecule has 0 saturated carbocycles. The molecule has 0 saturated heterocycles. The van der Waals surface area contributed by atoms with Gasteiger partial charge in [0, 0.05) is 18.0 Å². The molecule has 0 amide bonds. The van der Waals surface area contributed by atoms with E-state index in [9.17, 15) is 4.21 Å². The molecule has 110 valence electrons. The second kappa shape index (κ2) is 5.06. The van der Waals surface area contributed by atoms with E-state index in [0.717, 1.165) is 27.9 Å². The highest BCUT2D eigenvalue weighted by Crippen LogP contribution is 2.18. The van der Waals surface area contributed by atoms with Crippen molar-refractivity contribution < 1.29 is 4.21 Å². The maximum absolute atomic E-state index is 12.6. The van der Waals surface area contributed by atoms with E-state index < -0.39 is 10.8 Å². The van der Waals surface area contributed by atoms with Crippen molar-refractivity contribution in [1.82, 2.24) is 19.4 Å². The summed E-state index contributed by atoms with van der Waals surface area (Å²) in [5.41, 5.74) is 4.49. The van der Waals surface area contributed by atoms with Crippen LogP contribution in [0.4, 0.5) is 0 Å². The number of nitrogens with one attached hydrogen (secondary N) is 1. The van der Waals surface area contributed by atoms with Crippen LogP contribution in [0.25, 0.3) is 16.7 Å². The number of fused-ring (bicyclic) bond motifs is 2. The molecule has 0 aliphatic rings. The van der Waals surface area contributed by atoms with Crippen molar-refractivity contribution in [2.45, 2.75) is 17.8 Å². The molecule has 4 rings (SSSR count). The van der Waals surface area contributed by atoms with Gasteiger partial charge in [0.2, 0.25) is 0 Å². The maximum Gasteiger partial charge on any atom is 0.197 e. The quantitative estimate of drug-likeness (QED) is 0.633. The monoisotopic (exact) mass is 310 g/mol. The van der Waals surface area contributed by atoms with Gasteiger partial charge >= 0.3 is 0 Å². The van der Waals surface area contributed by atoms with Gasteiger partial charge in [0.25, 0.3) is 0 Å². The summed E-state index contributed by atoms with van der Waals surface area (Å²) in [4.78, 5) is 12.0. The largest absolute Gasteiger partial charge is 0.331 e. The highest BCUT2D eigenvalue weighted by Gasteiger charge is 2.13. The predicted octanol–water partition coefficient (Wildman–Crippen LogP) is 2.83. The van der Waals surface area contributed by atoms with E-state index in [1.54, 1.807) is 0 Å². The molecule has 0 aliphatic heterocycles. The van der Waals surface area contributed by atoms with Gasteiger partial charge in [-0.3, -0.25) is 4.21 Å². The van der Waals surface area contributed by atoms with Gasteiger partial charge in [0.05, 0.1) is 33.3 Å². The lowest BCUT2D eigenvalue weighted by Gasteiger charge is -2.02. The van der Waals surface area contributed by atoms with Crippen molar-refractivity contribution in [1.29, 1.82) is 0 Å². The third-order valence-corrected chi connectivity index (χ3v) is 4.75. The van der Waals surface area contributed by atoms with Crippen LogP contribution < -0.4 is 0 Å². The van der Waals surface area contributed by atoms with Gasteiger partial charge in [-0.1, -0.05) is 18.2 Å². The fraction of sp³-hybridized carbons (Fsp3) is 0.125. The van der Waals surface area contributed by atoms with Crippen LogP contribution >= 0.6 is 0 Å². The van der Waals surface area contributed by atoms with Gasteiger partial charge < -0.3 is 9.38 Å². The second-order valence-electron chi connectivity index (χ2n) is 5.20. The number of pyridine rings is 1. The fourth-order valence-electron chi connectivity index (χ4n) is 2.55. The minimum Gasteiger partial charge on any atom is -0.331 e. The van der Waals surface area contributed by atoms with Gasteiger partial charge in [-0.15, -0.1) is 0 Å². The second-order valence-corrected chi connectivity index (χ2v) is 6.56. The van der Waals surface area contributed by atoms with E-state index in [-0.39, 0.29) is 0 Å². The summed E-state index contributed by atoms with van der Waals surface area (Å²) >= 11 is 0. The Morgan fingerprint density at radius 2 is 2.05 bits per heavy atom. The van der Waals surface area contributed by atoms with E-state index in [4.69, 9.17) is 0 Å². The molecule has 6 heteroatoms. The van der Waals surface area contributed by atoms with E-state index in [0.29, 0.717) is 10.9 Å². The number of aromatic amines is 1. The average Bonchev–Trinajstić information content (AvgIpc) is 3.10. The standard InChI is InChI=1S/C16H14N4OS/c1-11-9-20-8-4-5-12(15(20)17-11)10-22(21)16-18-13-6-2-3-7-14(13)19-16/h2-9H,10H2,1H3,(H,18,19). The molecule has 0 radical (unpaired) electrons. The van der Waals surface area contributed by atoms with Crippen molar-refractivity contribution in [3.8, 4) is 0 Å². The zero-order valence-corrected chi connectivity index (χ0v) is 12.8. The summed E-state index contributed by atoms with van der Waals surface area (Å²) in [6.07, 6.45) is 3.91. The molecule has 0 bridgehead atoms. The molecule has 0 spiro atoms. The number of rotatable bonds is 3. The normalized spacial score (nSPS) is 13.0. The number of H-pyrrole nitrogens is 1. The van der Waals surface area contributed by atoms with Crippen molar-refractivity contribution in [2.24, 2.45) is 0 Å². The molecule has 1 unspecified atom stereocenters. The number of benzene rings is 1. The Balaban J connectivity index is 1.71. The number of hydrogen-bond acceptors (Lipinski definition) is 3. The Bertz CT molecular complexity index is 969. The number of aromatic nitrogens is 4. The molecule has 3 aromatic heterocycles. The van der Waals surface area contributed by atoms with E-state index in [1.165, 1.54) is 0 Å². The molecule has 1 N–H and O–H groups in total. The van der Waals surface area contributed by atoms with Crippen LogP contribution in [0.3, 0.4) is 0 Å². The van der Waals surface area contributed by atoms with Crippen LogP contribution in [0.1, 0.15) is 11.3 Å². The van der Waals surface area contributed by atoms with Crippen LogP contribution in [0.15, 0.2) is 53.9 Å². The molecular weight excluding hydrogens is 296 g/mol. The summed E-state index contributed by atoms with van der Waals surface area (Å²) in [5, 5.41) is 0.506. The molecule has 3 heterocycles. The Morgan fingerprint density at radius 1 is 1.18 bits per heavy atom. The Morgan fingerprint density at radius 3 is 2.91 bits per heavy atom. The van der Waals surface area contributed by atoms with Crippen molar-refractivity contribution in [2.75, 3.05) is 0 Å². The molecule has 1 aromatic carbocycles. The molecule has 5 nitrogen and oxygen atoms in total. The van der Waals surface area contributed by atoms with Crippen LogP contribution in [0.2, 0.25) is 0 Å². The zero-order valence-electron chi connectivity index (χ0n) is 12.0. The molecule has 4 aromatic rings. The molecular formula is C16H14N4OS. The number of nitrogens with zero attached hydrogens (tertiary/aromatic N) is 3. The Kier molecular flexibility index (Phi) is 3.04. The first-order valence-corrected chi connectivity index (χ1v) is 8.29. The maximum atomic E-state index is 12.6. The molecule has 22 heavy (non-hydrogen) atoms. The third-order valence-electron chi connectivity index (χ3n) is 3.55. The number of para-hydroxylation sites is 2. The zero-order chi connectivity index (χ0) is 15.1. The minimum absolute atomic E-state index is 0.389. The highest BCUT2D eigenvalue weighted by atomic mass is 32.2. The number of hydrogen-bond donors (Lipinski definition) is 1. The van der Waals surface area contributed by atoms with Gasteiger partial charge in [0.1, 0.15) is 5.65 Å². The summed E-state index contributed by atoms with van der Waals surface area (Å²) in [7, 11) is -1.23. The smallest absolute Gasteiger partial charge is 0.197 e. The first-order valence-electron chi connectivity index (χ1n) is 6.97. The lowest BCUT2D eigenvalue weighted by atomic mass is 10.3. The first kappa shape index (κ1) is 13.2. The van der Waals surface area contributed by atoms with E-state index >= 15 is 0 Å². The number of imidazole rings is 2. The highest BCUT2D eigenvalue weighted by molar-refractivity contribution is 7.84. The number of aryl methyl sites for hydroxylation is 1. The van der Waals surface area contributed by atoms with Crippen LogP contribution in [-0.4, -0.2) is 23.6 Å².